The van der Waals surface area contributed by atoms with Gasteiger partial charge in [0.05, 0.1) is 12.6 Å². The van der Waals surface area contributed by atoms with Crippen molar-refractivity contribution in [1.82, 2.24) is 20.4 Å². The van der Waals surface area contributed by atoms with Crippen LogP contribution in [0.4, 0.5) is 4.79 Å². The van der Waals surface area contributed by atoms with Crippen LogP contribution in [0.15, 0.2) is 16.7 Å². The number of hydrogen-bond acceptors (Lipinski definition) is 7. The monoisotopic (exact) mass is 372 g/mol. The van der Waals surface area contributed by atoms with Crippen molar-refractivity contribution in [2.75, 3.05) is 6.61 Å². The van der Waals surface area contributed by atoms with Crippen molar-refractivity contribution in [2.24, 2.45) is 11.8 Å². The maximum atomic E-state index is 12.4. The first-order valence-corrected chi connectivity index (χ1v) is 9.46. The van der Waals surface area contributed by atoms with Crippen LogP contribution in [0.1, 0.15) is 55.4 Å². The van der Waals surface area contributed by atoms with Crippen molar-refractivity contribution < 1.29 is 18.8 Å². The minimum Gasteiger partial charge on any atom is -0.477 e. The van der Waals surface area contributed by atoms with Crippen LogP contribution >= 0.6 is 0 Å². The minimum atomic E-state index is -0.590. The van der Waals surface area contributed by atoms with E-state index in [0.717, 1.165) is 24.8 Å². The van der Waals surface area contributed by atoms with Crippen LogP contribution < -0.4 is 14.8 Å². The van der Waals surface area contributed by atoms with E-state index in [4.69, 9.17) is 14.0 Å². The predicted octanol–water partition coefficient (Wildman–Crippen LogP) is 3.50. The number of aromatic nitrogens is 3. The summed E-state index contributed by atoms with van der Waals surface area (Å²) in [6.07, 6.45) is 4.90. The Balaban J connectivity index is 1.38. The lowest BCUT2D eigenvalue weighted by atomic mass is 10.1. The Morgan fingerprint density at radius 3 is 2.67 bits per heavy atom. The molecule has 144 valence electrons. The molecule has 2 saturated carbocycles. The van der Waals surface area contributed by atoms with Gasteiger partial charge in [-0.25, -0.2) is 4.79 Å². The second kappa shape index (κ2) is 7.54. The average molecular weight is 372 g/mol. The molecule has 2 aliphatic rings. The van der Waals surface area contributed by atoms with Crippen LogP contribution in [0.5, 0.6) is 11.8 Å². The standard InChI is InChI=1S/C19H24N4O4/c1-11-3-8-16(22-18(11)25-10-14-6-7-14)26-19(24)21-15(9-13-4-5-13)17-20-12(2)27-23-17/h3,8,13-15H,4-7,9-10H2,1-2H3,(H,21,24)/t15-/m0/s1. The lowest BCUT2D eigenvalue weighted by Crippen LogP contribution is -2.32. The topological polar surface area (TPSA) is 99.4 Å². The Bertz CT molecular complexity index is 814. The van der Waals surface area contributed by atoms with Crippen molar-refractivity contribution in [2.45, 2.75) is 52.0 Å². The van der Waals surface area contributed by atoms with Gasteiger partial charge in [-0.2, -0.15) is 9.97 Å². The summed E-state index contributed by atoms with van der Waals surface area (Å²) in [4.78, 5) is 20.9. The highest BCUT2D eigenvalue weighted by Crippen LogP contribution is 2.37. The van der Waals surface area contributed by atoms with Gasteiger partial charge < -0.3 is 19.3 Å². The largest absolute Gasteiger partial charge is 0.477 e. The molecular formula is C19H24N4O4. The Morgan fingerprint density at radius 1 is 1.22 bits per heavy atom. The fourth-order valence-electron chi connectivity index (χ4n) is 2.82. The van der Waals surface area contributed by atoms with Crippen LogP contribution in [0, 0.1) is 25.7 Å². The molecule has 2 aromatic heterocycles. The zero-order valence-corrected chi connectivity index (χ0v) is 15.6. The van der Waals surface area contributed by atoms with Gasteiger partial charge in [-0.15, -0.1) is 0 Å². The van der Waals surface area contributed by atoms with E-state index in [0.29, 0.717) is 36.0 Å². The van der Waals surface area contributed by atoms with Gasteiger partial charge in [0.25, 0.3) is 0 Å². The summed E-state index contributed by atoms with van der Waals surface area (Å²) < 4.78 is 16.2. The summed E-state index contributed by atoms with van der Waals surface area (Å²) in [6, 6.07) is 3.16. The smallest absolute Gasteiger partial charge is 0.414 e. The van der Waals surface area contributed by atoms with E-state index >= 15 is 0 Å². The number of pyridine rings is 1. The molecular weight excluding hydrogens is 348 g/mol. The van der Waals surface area contributed by atoms with Gasteiger partial charge in [0.1, 0.15) is 0 Å². The molecule has 0 unspecified atom stereocenters. The second-order valence-electron chi connectivity index (χ2n) is 7.46. The summed E-state index contributed by atoms with van der Waals surface area (Å²) in [6.45, 7) is 4.30. The number of aryl methyl sites for hydroxylation is 2. The van der Waals surface area contributed by atoms with Gasteiger partial charge in [-0.3, -0.25) is 0 Å². The van der Waals surface area contributed by atoms with Crippen LogP contribution in [-0.2, 0) is 0 Å². The molecule has 0 aromatic carbocycles. The van der Waals surface area contributed by atoms with E-state index in [9.17, 15) is 4.79 Å². The maximum Gasteiger partial charge on any atom is 0.414 e. The second-order valence-corrected chi connectivity index (χ2v) is 7.46. The SMILES string of the molecule is Cc1nc([C@H](CC2CC2)NC(=O)Oc2ccc(C)c(OCC3CC3)n2)no1. The summed E-state index contributed by atoms with van der Waals surface area (Å²) in [5, 5.41) is 6.77. The Hall–Kier alpha value is -2.64. The molecule has 2 aromatic rings. The normalized spacial score (nSPS) is 17.4. The third-order valence-corrected chi connectivity index (χ3v) is 4.79. The van der Waals surface area contributed by atoms with Crippen LogP contribution in [0.25, 0.3) is 0 Å². The first-order chi connectivity index (χ1) is 13.1. The minimum absolute atomic E-state index is 0.207. The molecule has 1 atom stereocenters. The number of nitrogens with zero attached hydrogens (tertiary/aromatic N) is 3. The first-order valence-electron chi connectivity index (χ1n) is 9.46. The zero-order valence-electron chi connectivity index (χ0n) is 15.6. The van der Waals surface area contributed by atoms with Gasteiger partial charge in [0, 0.05) is 18.6 Å². The highest BCUT2D eigenvalue weighted by Gasteiger charge is 2.30. The third-order valence-electron chi connectivity index (χ3n) is 4.79. The van der Waals surface area contributed by atoms with Gasteiger partial charge >= 0.3 is 6.09 Å². The Labute approximate surface area is 157 Å². The average Bonchev–Trinajstić information content (AvgIpc) is 3.56. The number of amides is 1. The van der Waals surface area contributed by atoms with Gasteiger partial charge in [-0.05, 0) is 44.1 Å². The summed E-state index contributed by atoms with van der Waals surface area (Å²) >= 11 is 0. The van der Waals surface area contributed by atoms with Gasteiger partial charge in [0.15, 0.2) is 5.82 Å². The number of ether oxygens (including phenoxy) is 2. The number of carbonyl (C=O) groups is 1. The molecule has 2 fully saturated rings. The van der Waals surface area contributed by atoms with E-state index in [1.165, 1.54) is 12.8 Å². The molecule has 1 N–H and O–H groups in total. The lowest BCUT2D eigenvalue weighted by Gasteiger charge is -2.15. The molecule has 8 heteroatoms. The molecule has 4 rings (SSSR count). The zero-order chi connectivity index (χ0) is 18.8. The van der Waals surface area contributed by atoms with Crippen molar-refractivity contribution in [3.8, 4) is 11.8 Å². The van der Waals surface area contributed by atoms with Crippen LogP contribution in [0.2, 0.25) is 0 Å². The maximum absolute atomic E-state index is 12.4. The Morgan fingerprint density at radius 2 is 2.00 bits per heavy atom. The molecule has 8 nitrogen and oxygen atoms in total. The van der Waals surface area contributed by atoms with Crippen LogP contribution in [0.3, 0.4) is 0 Å². The van der Waals surface area contributed by atoms with Crippen molar-refractivity contribution >= 4 is 6.09 Å². The molecule has 0 saturated heterocycles. The number of rotatable bonds is 8. The molecule has 1 amide bonds. The van der Waals surface area contributed by atoms with Crippen molar-refractivity contribution in [3.63, 3.8) is 0 Å². The van der Waals surface area contributed by atoms with Crippen LogP contribution in [-0.4, -0.2) is 27.8 Å². The molecule has 0 spiro atoms. The van der Waals surface area contributed by atoms with E-state index < -0.39 is 6.09 Å². The molecule has 27 heavy (non-hydrogen) atoms. The fourth-order valence-corrected chi connectivity index (χ4v) is 2.82. The predicted molar refractivity (Wildman–Crippen MR) is 95.5 cm³/mol. The van der Waals surface area contributed by atoms with E-state index in [2.05, 4.69) is 20.4 Å². The molecule has 2 aliphatic carbocycles. The summed E-state index contributed by atoms with van der Waals surface area (Å²) in [5.74, 6) is 2.86. The quantitative estimate of drug-likeness (QED) is 0.757. The molecule has 2 heterocycles. The molecule has 0 bridgehead atoms. The number of carbonyl (C=O) groups excluding carboxylic acids is 1. The van der Waals surface area contributed by atoms with E-state index in [1.807, 2.05) is 13.0 Å². The summed E-state index contributed by atoms with van der Waals surface area (Å²) in [5.41, 5.74) is 0.914. The summed E-state index contributed by atoms with van der Waals surface area (Å²) in [7, 11) is 0. The number of nitrogens with one attached hydrogen (secondary N) is 1. The first kappa shape index (κ1) is 17.8. The van der Waals surface area contributed by atoms with Crippen molar-refractivity contribution in [3.05, 3.63) is 29.4 Å². The van der Waals surface area contributed by atoms with E-state index in [-0.39, 0.29) is 11.9 Å². The van der Waals surface area contributed by atoms with Gasteiger partial charge in [-0.1, -0.05) is 18.0 Å². The third kappa shape index (κ3) is 4.96. The Kier molecular flexibility index (Phi) is 4.96. The van der Waals surface area contributed by atoms with Gasteiger partial charge in [0.2, 0.25) is 17.7 Å². The highest BCUT2D eigenvalue weighted by atomic mass is 16.6. The van der Waals surface area contributed by atoms with Crippen molar-refractivity contribution in [1.29, 1.82) is 0 Å². The molecule has 0 aliphatic heterocycles. The highest BCUT2D eigenvalue weighted by molar-refractivity contribution is 5.70. The molecule has 0 radical (unpaired) electrons. The fraction of sp³-hybridized carbons (Fsp3) is 0.579. The lowest BCUT2D eigenvalue weighted by molar-refractivity contribution is 0.191. The van der Waals surface area contributed by atoms with E-state index in [1.54, 1.807) is 13.0 Å². The number of hydrogen-bond donors (Lipinski definition) is 1.